The first-order valence-corrected chi connectivity index (χ1v) is 6.38. The van der Waals surface area contributed by atoms with Crippen molar-refractivity contribution in [3.63, 3.8) is 0 Å². The van der Waals surface area contributed by atoms with Crippen molar-refractivity contribution >= 4 is 27.3 Å². The van der Waals surface area contributed by atoms with E-state index >= 15 is 0 Å². The summed E-state index contributed by atoms with van der Waals surface area (Å²) < 4.78 is 22.3. The smallest absolute Gasteiger partial charge is 0.246 e. The van der Waals surface area contributed by atoms with E-state index in [0.717, 1.165) is 0 Å². The van der Waals surface area contributed by atoms with Gasteiger partial charge in [0.1, 0.15) is 0 Å². The average Bonchev–Trinajstić information content (AvgIpc) is 2.24. The van der Waals surface area contributed by atoms with E-state index in [1.54, 1.807) is 6.92 Å². The van der Waals surface area contributed by atoms with Gasteiger partial charge in [0.2, 0.25) is 5.91 Å². The molecule has 0 radical (unpaired) electrons. The van der Waals surface area contributed by atoms with E-state index in [0.29, 0.717) is 5.57 Å². The van der Waals surface area contributed by atoms with Crippen LogP contribution in [0.2, 0.25) is 0 Å². The van der Waals surface area contributed by atoms with Crippen LogP contribution in [0, 0.1) is 0 Å². The minimum absolute atomic E-state index is 0.0737. The SMILES string of the molecule is C=C(C)C(=O)NC1CS(=O)(=O)CC1Cl. The topological polar surface area (TPSA) is 63.2 Å². The summed E-state index contributed by atoms with van der Waals surface area (Å²) in [7, 11) is -3.09. The fourth-order valence-electron chi connectivity index (χ4n) is 1.23. The molecule has 14 heavy (non-hydrogen) atoms. The summed E-state index contributed by atoms with van der Waals surface area (Å²) in [6, 6.07) is -0.495. The molecular formula is C8H12ClNO3S. The summed E-state index contributed by atoms with van der Waals surface area (Å²) in [4.78, 5) is 11.2. The van der Waals surface area contributed by atoms with E-state index in [1.807, 2.05) is 0 Å². The average molecular weight is 238 g/mol. The molecule has 0 spiro atoms. The van der Waals surface area contributed by atoms with Crippen LogP contribution < -0.4 is 5.32 Å². The number of sulfone groups is 1. The van der Waals surface area contributed by atoms with Gasteiger partial charge in [-0.2, -0.15) is 0 Å². The number of carbonyl (C=O) groups excluding carboxylic acids is 1. The molecule has 0 aromatic carbocycles. The van der Waals surface area contributed by atoms with Crippen molar-refractivity contribution < 1.29 is 13.2 Å². The van der Waals surface area contributed by atoms with Gasteiger partial charge in [-0.1, -0.05) is 6.58 Å². The molecule has 1 saturated heterocycles. The molecule has 0 aliphatic carbocycles. The molecule has 1 aliphatic heterocycles. The Morgan fingerprint density at radius 1 is 1.50 bits per heavy atom. The number of hydrogen-bond acceptors (Lipinski definition) is 3. The lowest BCUT2D eigenvalue weighted by molar-refractivity contribution is -0.117. The summed E-state index contributed by atoms with van der Waals surface area (Å²) >= 11 is 5.79. The van der Waals surface area contributed by atoms with Gasteiger partial charge in [-0.15, -0.1) is 11.6 Å². The van der Waals surface area contributed by atoms with E-state index in [1.165, 1.54) is 0 Å². The van der Waals surface area contributed by atoms with Crippen molar-refractivity contribution in [2.75, 3.05) is 11.5 Å². The van der Waals surface area contributed by atoms with Crippen LogP contribution in [0.5, 0.6) is 0 Å². The molecule has 6 heteroatoms. The second kappa shape index (κ2) is 3.90. The molecule has 2 unspecified atom stereocenters. The van der Waals surface area contributed by atoms with Crippen molar-refractivity contribution in [2.24, 2.45) is 0 Å². The van der Waals surface area contributed by atoms with Crippen LogP contribution in [0.15, 0.2) is 12.2 Å². The molecule has 1 fully saturated rings. The highest BCUT2D eigenvalue weighted by Gasteiger charge is 2.37. The van der Waals surface area contributed by atoms with Crippen LogP contribution in [-0.2, 0) is 14.6 Å². The van der Waals surface area contributed by atoms with Gasteiger partial charge in [-0.05, 0) is 6.92 Å². The Labute approximate surface area is 88.2 Å². The molecule has 2 atom stereocenters. The monoisotopic (exact) mass is 237 g/mol. The van der Waals surface area contributed by atoms with Gasteiger partial charge in [0.05, 0.1) is 22.9 Å². The van der Waals surface area contributed by atoms with Crippen molar-refractivity contribution in [2.45, 2.75) is 18.3 Å². The zero-order valence-electron chi connectivity index (χ0n) is 7.79. The number of hydrogen-bond donors (Lipinski definition) is 1. The Balaban J connectivity index is 2.64. The summed E-state index contributed by atoms with van der Waals surface area (Å²) in [6.45, 7) is 5.01. The number of carbonyl (C=O) groups is 1. The van der Waals surface area contributed by atoms with E-state index in [4.69, 9.17) is 11.6 Å². The number of nitrogens with one attached hydrogen (secondary N) is 1. The zero-order valence-corrected chi connectivity index (χ0v) is 9.36. The number of amides is 1. The largest absolute Gasteiger partial charge is 0.347 e. The quantitative estimate of drug-likeness (QED) is 0.547. The third kappa shape index (κ3) is 2.72. The van der Waals surface area contributed by atoms with E-state index in [-0.39, 0.29) is 17.4 Å². The third-order valence-corrected chi connectivity index (χ3v) is 4.36. The number of rotatable bonds is 2. The molecule has 1 N–H and O–H groups in total. The maximum absolute atomic E-state index is 11.2. The maximum atomic E-state index is 11.2. The highest BCUT2D eigenvalue weighted by atomic mass is 35.5. The first-order chi connectivity index (χ1) is 6.32. The molecule has 0 saturated carbocycles. The van der Waals surface area contributed by atoms with Crippen LogP contribution in [0.25, 0.3) is 0 Å². The van der Waals surface area contributed by atoms with E-state index < -0.39 is 21.3 Å². The molecule has 1 amide bonds. The van der Waals surface area contributed by atoms with Crippen molar-refractivity contribution in [1.29, 1.82) is 0 Å². The Hall–Kier alpha value is -0.550. The van der Waals surface area contributed by atoms with Gasteiger partial charge in [0, 0.05) is 5.57 Å². The van der Waals surface area contributed by atoms with Crippen LogP contribution >= 0.6 is 11.6 Å². The lowest BCUT2D eigenvalue weighted by atomic mass is 10.2. The van der Waals surface area contributed by atoms with Crippen molar-refractivity contribution in [3.8, 4) is 0 Å². The van der Waals surface area contributed by atoms with Gasteiger partial charge in [0.25, 0.3) is 0 Å². The molecular weight excluding hydrogens is 226 g/mol. The highest BCUT2D eigenvalue weighted by Crippen LogP contribution is 2.18. The third-order valence-electron chi connectivity index (χ3n) is 1.99. The highest BCUT2D eigenvalue weighted by molar-refractivity contribution is 7.91. The van der Waals surface area contributed by atoms with Crippen LogP contribution in [0.1, 0.15) is 6.92 Å². The molecule has 0 bridgehead atoms. The first-order valence-electron chi connectivity index (χ1n) is 4.13. The van der Waals surface area contributed by atoms with Crippen LogP contribution in [0.4, 0.5) is 0 Å². The normalized spacial score (nSPS) is 29.9. The Morgan fingerprint density at radius 3 is 2.43 bits per heavy atom. The molecule has 1 aliphatic rings. The number of halogens is 1. The van der Waals surface area contributed by atoms with Gasteiger partial charge in [-0.25, -0.2) is 8.42 Å². The van der Waals surface area contributed by atoms with E-state index in [2.05, 4.69) is 11.9 Å². The Morgan fingerprint density at radius 2 is 2.07 bits per heavy atom. The van der Waals surface area contributed by atoms with Gasteiger partial charge in [-0.3, -0.25) is 4.79 Å². The summed E-state index contributed by atoms with van der Waals surface area (Å²) in [5.41, 5.74) is 0.346. The molecule has 4 nitrogen and oxygen atoms in total. The second-order valence-electron chi connectivity index (χ2n) is 3.45. The zero-order chi connectivity index (χ0) is 10.9. The summed E-state index contributed by atoms with van der Waals surface area (Å²) in [5.74, 6) is -0.506. The minimum atomic E-state index is -3.09. The number of alkyl halides is 1. The Kier molecular flexibility index (Phi) is 3.21. The van der Waals surface area contributed by atoms with Crippen molar-refractivity contribution in [3.05, 3.63) is 12.2 Å². The predicted octanol–water partition coefficient (Wildman–Crippen LogP) is 0.0831. The fourth-order valence-corrected chi connectivity index (χ4v) is 3.78. The predicted molar refractivity (Wildman–Crippen MR) is 55.0 cm³/mol. The summed E-state index contributed by atoms with van der Waals surface area (Å²) in [5, 5.41) is 2.00. The van der Waals surface area contributed by atoms with Crippen LogP contribution in [-0.4, -0.2) is 37.2 Å². The van der Waals surface area contributed by atoms with Gasteiger partial charge in [0.15, 0.2) is 9.84 Å². The minimum Gasteiger partial charge on any atom is -0.347 e. The van der Waals surface area contributed by atoms with Crippen LogP contribution in [0.3, 0.4) is 0 Å². The Bertz CT molecular complexity index is 363. The first kappa shape index (κ1) is 11.5. The lowest BCUT2D eigenvalue weighted by Gasteiger charge is -2.13. The molecule has 80 valence electrons. The molecule has 0 aromatic rings. The van der Waals surface area contributed by atoms with E-state index in [9.17, 15) is 13.2 Å². The molecule has 0 aromatic heterocycles. The van der Waals surface area contributed by atoms with Gasteiger partial charge < -0.3 is 5.32 Å². The standard InChI is InChI=1S/C8H12ClNO3S/c1-5(2)8(11)10-7-4-14(12,13)3-6(7)9/h6-7H,1,3-4H2,2H3,(H,10,11). The van der Waals surface area contributed by atoms with Gasteiger partial charge >= 0.3 is 0 Å². The lowest BCUT2D eigenvalue weighted by Crippen LogP contribution is -2.40. The van der Waals surface area contributed by atoms with Crippen molar-refractivity contribution in [1.82, 2.24) is 5.32 Å². The molecule has 1 heterocycles. The fraction of sp³-hybridized carbons (Fsp3) is 0.625. The second-order valence-corrected chi connectivity index (χ2v) is 6.17. The summed E-state index contributed by atoms with van der Waals surface area (Å²) in [6.07, 6.45) is 0. The maximum Gasteiger partial charge on any atom is 0.246 e. The molecule has 1 rings (SSSR count).